The molecule has 0 amide bonds. The van der Waals surface area contributed by atoms with E-state index >= 15 is 0 Å². The summed E-state index contributed by atoms with van der Waals surface area (Å²) >= 11 is 0. The zero-order valence-corrected chi connectivity index (χ0v) is 15.7. The lowest BCUT2D eigenvalue weighted by Gasteiger charge is -2.14. The van der Waals surface area contributed by atoms with Crippen LogP contribution in [0.2, 0.25) is 0 Å². The van der Waals surface area contributed by atoms with E-state index in [-0.39, 0.29) is 18.8 Å². The summed E-state index contributed by atoms with van der Waals surface area (Å²) in [7, 11) is 0. The Morgan fingerprint density at radius 2 is 1.93 bits per heavy atom. The van der Waals surface area contributed by atoms with Gasteiger partial charge in [-0.1, -0.05) is 17.9 Å². The fourth-order valence-electron chi connectivity index (χ4n) is 2.52. The summed E-state index contributed by atoms with van der Waals surface area (Å²) < 4.78 is 57.7. The number of hydrogen-bond donors (Lipinski definition) is 3. The molecule has 29 heavy (non-hydrogen) atoms. The Labute approximate surface area is 166 Å². The van der Waals surface area contributed by atoms with Crippen molar-refractivity contribution in [3.8, 4) is 17.6 Å². The lowest BCUT2D eigenvalue weighted by Crippen LogP contribution is -2.18. The summed E-state index contributed by atoms with van der Waals surface area (Å²) in [5, 5.41) is 12.0. The molecule has 4 nitrogen and oxygen atoms in total. The van der Waals surface area contributed by atoms with Crippen LogP contribution in [0.4, 0.5) is 17.6 Å². The molecule has 0 fully saturated rings. The molecule has 0 unspecified atom stereocenters. The Morgan fingerprint density at radius 1 is 1.14 bits per heavy atom. The number of ether oxygens (including phenoxy) is 1. The Bertz CT molecular complexity index is 873. The van der Waals surface area contributed by atoms with Gasteiger partial charge in [-0.2, -0.15) is 13.2 Å². The Kier molecular flexibility index (Phi) is 8.46. The lowest BCUT2D eigenvalue weighted by molar-refractivity contribution is -0.140. The van der Waals surface area contributed by atoms with Gasteiger partial charge in [0.05, 0.1) is 12.2 Å². The van der Waals surface area contributed by atoms with Crippen LogP contribution in [0, 0.1) is 17.7 Å². The van der Waals surface area contributed by atoms with E-state index in [2.05, 4.69) is 17.2 Å². The SMILES string of the molecule is NCCC#Cc1ccc(OCc2ccc(F)c(C(F)(F)F)c2)c(CNCCO)c1. The number of aliphatic hydroxyl groups excluding tert-OH is 1. The van der Waals surface area contributed by atoms with Crippen LogP contribution in [-0.4, -0.2) is 24.8 Å². The zero-order valence-electron chi connectivity index (χ0n) is 15.7. The van der Waals surface area contributed by atoms with E-state index in [1.54, 1.807) is 18.2 Å². The summed E-state index contributed by atoms with van der Waals surface area (Å²) in [5.41, 5.74) is 5.76. The maximum atomic E-state index is 13.4. The summed E-state index contributed by atoms with van der Waals surface area (Å²) in [6.45, 7) is 1.00. The van der Waals surface area contributed by atoms with Gasteiger partial charge in [0.1, 0.15) is 18.2 Å². The van der Waals surface area contributed by atoms with Crippen molar-refractivity contribution in [2.24, 2.45) is 5.73 Å². The van der Waals surface area contributed by atoms with Crippen molar-refractivity contribution in [1.82, 2.24) is 5.32 Å². The first-order chi connectivity index (χ1) is 13.8. The summed E-state index contributed by atoms with van der Waals surface area (Å²) in [6.07, 6.45) is -4.22. The van der Waals surface area contributed by atoms with E-state index in [0.29, 0.717) is 31.8 Å². The third kappa shape index (κ3) is 7.06. The topological polar surface area (TPSA) is 67.5 Å². The lowest BCUT2D eigenvalue weighted by atomic mass is 10.1. The fraction of sp³-hybridized carbons (Fsp3) is 0.333. The first kappa shape index (κ1) is 22.7. The van der Waals surface area contributed by atoms with Gasteiger partial charge in [0.15, 0.2) is 0 Å². The van der Waals surface area contributed by atoms with Gasteiger partial charge >= 0.3 is 6.18 Å². The van der Waals surface area contributed by atoms with Crippen molar-refractivity contribution < 1.29 is 27.4 Å². The smallest absolute Gasteiger partial charge is 0.419 e. The minimum atomic E-state index is -4.77. The van der Waals surface area contributed by atoms with Gasteiger partial charge < -0.3 is 20.9 Å². The Morgan fingerprint density at radius 3 is 2.62 bits per heavy atom. The molecular weight excluding hydrogens is 388 g/mol. The van der Waals surface area contributed by atoms with Crippen molar-refractivity contribution in [1.29, 1.82) is 0 Å². The van der Waals surface area contributed by atoms with Gasteiger partial charge in [0.2, 0.25) is 0 Å². The molecule has 0 spiro atoms. The van der Waals surface area contributed by atoms with Crippen LogP contribution in [0.3, 0.4) is 0 Å². The molecule has 0 atom stereocenters. The van der Waals surface area contributed by atoms with Gasteiger partial charge in [-0.05, 0) is 35.9 Å². The van der Waals surface area contributed by atoms with E-state index in [4.69, 9.17) is 15.6 Å². The zero-order chi connectivity index (χ0) is 21.3. The molecule has 0 bridgehead atoms. The van der Waals surface area contributed by atoms with Gasteiger partial charge in [-0.25, -0.2) is 4.39 Å². The third-order valence-electron chi connectivity index (χ3n) is 3.90. The number of halogens is 4. The van der Waals surface area contributed by atoms with E-state index in [9.17, 15) is 17.6 Å². The van der Waals surface area contributed by atoms with Crippen LogP contribution in [0.5, 0.6) is 5.75 Å². The van der Waals surface area contributed by atoms with Crippen molar-refractivity contribution in [3.63, 3.8) is 0 Å². The minimum absolute atomic E-state index is 0.0397. The summed E-state index contributed by atoms with van der Waals surface area (Å²) in [4.78, 5) is 0. The van der Waals surface area contributed by atoms with Gasteiger partial charge in [-0.3, -0.25) is 0 Å². The van der Waals surface area contributed by atoms with E-state index in [0.717, 1.165) is 23.3 Å². The highest BCUT2D eigenvalue weighted by atomic mass is 19.4. The standard InChI is InChI=1S/C21H22F4N2O2/c22-19-6-4-16(12-18(19)21(23,24)25)14-29-20-7-5-15(3-1-2-8-26)11-17(20)13-27-9-10-28/h4-7,11-12,27-28H,2,8-10,13-14,26H2. The summed E-state index contributed by atoms with van der Waals surface area (Å²) in [5.74, 6) is 5.04. The second kappa shape index (κ2) is 10.8. The monoisotopic (exact) mass is 410 g/mol. The minimum Gasteiger partial charge on any atom is -0.489 e. The van der Waals surface area contributed by atoms with E-state index in [1.165, 1.54) is 6.07 Å². The normalized spacial score (nSPS) is 11.1. The highest BCUT2D eigenvalue weighted by molar-refractivity contribution is 5.44. The van der Waals surface area contributed by atoms with Crippen LogP contribution in [-0.2, 0) is 19.3 Å². The average Bonchev–Trinajstić information content (AvgIpc) is 2.68. The predicted octanol–water partition coefficient (Wildman–Crippen LogP) is 3.21. The van der Waals surface area contributed by atoms with Crippen LogP contribution < -0.4 is 15.8 Å². The second-order valence-corrected chi connectivity index (χ2v) is 6.16. The van der Waals surface area contributed by atoms with Crippen molar-refractivity contribution >= 4 is 0 Å². The molecule has 0 saturated heterocycles. The number of alkyl halides is 3. The molecule has 0 saturated carbocycles. The molecule has 2 aromatic rings. The largest absolute Gasteiger partial charge is 0.489 e. The Hall–Kier alpha value is -2.60. The number of nitrogens with two attached hydrogens (primary N) is 1. The highest BCUT2D eigenvalue weighted by Crippen LogP contribution is 2.32. The molecule has 156 valence electrons. The first-order valence-corrected chi connectivity index (χ1v) is 8.97. The molecule has 2 rings (SSSR count). The molecule has 0 heterocycles. The number of rotatable bonds is 8. The molecule has 4 N–H and O–H groups in total. The Balaban J connectivity index is 2.19. The highest BCUT2D eigenvalue weighted by Gasteiger charge is 2.34. The van der Waals surface area contributed by atoms with Crippen molar-refractivity contribution in [3.05, 3.63) is 64.5 Å². The van der Waals surface area contributed by atoms with Crippen LogP contribution in [0.15, 0.2) is 36.4 Å². The fourth-order valence-corrected chi connectivity index (χ4v) is 2.52. The third-order valence-corrected chi connectivity index (χ3v) is 3.90. The molecule has 0 aliphatic rings. The molecule has 0 aliphatic heterocycles. The van der Waals surface area contributed by atoms with Crippen LogP contribution >= 0.6 is 0 Å². The molecule has 8 heteroatoms. The average molecular weight is 410 g/mol. The molecule has 2 aromatic carbocycles. The number of aliphatic hydroxyl groups is 1. The van der Waals surface area contributed by atoms with Crippen LogP contribution in [0.1, 0.15) is 28.7 Å². The van der Waals surface area contributed by atoms with Crippen LogP contribution in [0.25, 0.3) is 0 Å². The van der Waals surface area contributed by atoms with E-state index in [1.807, 2.05) is 0 Å². The van der Waals surface area contributed by atoms with Crippen molar-refractivity contribution in [2.45, 2.75) is 25.7 Å². The van der Waals surface area contributed by atoms with Gasteiger partial charge in [0.25, 0.3) is 0 Å². The molecular formula is C21H22F4N2O2. The predicted molar refractivity (Wildman–Crippen MR) is 102 cm³/mol. The summed E-state index contributed by atoms with van der Waals surface area (Å²) in [6, 6.07) is 7.99. The molecule has 0 aromatic heterocycles. The number of hydrogen-bond acceptors (Lipinski definition) is 4. The van der Waals surface area contributed by atoms with Gasteiger partial charge in [0, 0.05) is 37.2 Å². The quantitative estimate of drug-likeness (QED) is 0.355. The first-order valence-electron chi connectivity index (χ1n) is 8.97. The molecule has 0 radical (unpaired) electrons. The maximum Gasteiger partial charge on any atom is 0.419 e. The number of benzene rings is 2. The van der Waals surface area contributed by atoms with Crippen molar-refractivity contribution in [2.75, 3.05) is 19.7 Å². The van der Waals surface area contributed by atoms with Gasteiger partial charge in [-0.15, -0.1) is 0 Å². The maximum absolute atomic E-state index is 13.4. The molecule has 0 aliphatic carbocycles. The number of nitrogens with one attached hydrogen (secondary N) is 1. The van der Waals surface area contributed by atoms with E-state index < -0.39 is 17.6 Å². The second-order valence-electron chi connectivity index (χ2n) is 6.16.